The molecule has 0 fully saturated rings. The predicted octanol–water partition coefficient (Wildman–Crippen LogP) is 1.81. The highest BCUT2D eigenvalue weighted by Gasteiger charge is 1.94. The van der Waals surface area contributed by atoms with Gasteiger partial charge in [0.05, 0.1) is 6.20 Å². The maximum absolute atomic E-state index is 4.86. The highest BCUT2D eigenvalue weighted by Crippen LogP contribution is 2.13. The lowest BCUT2D eigenvalue weighted by molar-refractivity contribution is 0.435. The molecule has 0 aliphatic rings. The molecule has 0 amide bonds. The molecule has 0 spiro atoms. The maximum atomic E-state index is 4.86. The molecular formula is C8H7N3O. The molecular weight excluding hydrogens is 154 g/mol. The van der Waals surface area contributed by atoms with Crippen molar-refractivity contribution in [1.29, 1.82) is 0 Å². The third-order valence-corrected chi connectivity index (χ3v) is 1.39. The minimum Gasteiger partial charge on any atom is -0.339 e. The Hall–Kier alpha value is -1.84. The molecule has 2 heterocycles. The number of anilines is 2. The molecule has 0 saturated carbocycles. The van der Waals surface area contributed by atoms with Crippen molar-refractivity contribution >= 4 is 11.6 Å². The van der Waals surface area contributed by atoms with Crippen molar-refractivity contribution in [3.05, 3.63) is 36.8 Å². The lowest BCUT2D eigenvalue weighted by atomic mass is 10.4. The Kier molecular flexibility index (Phi) is 1.74. The molecule has 2 aromatic rings. The van der Waals surface area contributed by atoms with E-state index >= 15 is 0 Å². The van der Waals surface area contributed by atoms with Gasteiger partial charge in [0.15, 0.2) is 0 Å². The first kappa shape index (κ1) is 6.84. The second-order valence-corrected chi connectivity index (χ2v) is 2.24. The Labute approximate surface area is 69.2 Å². The summed E-state index contributed by atoms with van der Waals surface area (Å²) in [6, 6.07) is 5.45. The molecule has 0 atom stereocenters. The van der Waals surface area contributed by atoms with Crippen LogP contribution in [-0.2, 0) is 0 Å². The summed E-state index contributed by atoms with van der Waals surface area (Å²) in [5.41, 5.74) is 0.932. The molecule has 0 saturated heterocycles. The highest BCUT2D eigenvalue weighted by atomic mass is 16.5. The fourth-order valence-electron chi connectivity index (χ4n) is 0.858. The Morgan fingerprint density at radius 3 is 2.58 bits per heavy atom. The van der Waals surface area contributed by atoms with E-state index in [1.807, 2.05) is 12.1 Å². The van der Waals surface area contributed by atoms with Gasteiger partial charge in [-0.25, -0.2) is 0 Å². The topological polar surface area (TPSA) is 51.0 Å². The van der Waals surface area contributed by atoms with Crippen LogP contribution in [0.25, 0.3) is 0 Å². The molecule has 2 rings (SSSR count). The van der Waals surface area contributed by atoms with Gasteiger partial charge in [0.25, 0.3) is 0 Å². The number of hydrogen-bond donors (Lipinski definition) is 1. The van der Waals surface area contributed by atoms with E-state index in [4.69, 9.17) is 4.52 Å². The van der Waals surface area contributed by atoms with Crippen LogP contribution < -0.4 is 5.32 Å². The first-order chi connectivity index (χ1) is 5.95. The third-order valence-electron chi connectivity index (χ3n) is 1.39. The average Bonchev–Trinajstić information content (AvgIpc) is 2.59. The maximum Gasteiger partial charge on any atom is 0.228 e. The first-order valence-corrected chi connectivity index (χ1v) is 3.53. The second-order valence-electron chi connectivity index (χ2n) is 2.24. The summed E-state index contributed by atoms with van der Waals surface area (Å²) in [7, 11) is 0. The number of nitrogens with zero attached hydrogens (tertiary/aromatic N) is 2. The van der Waals surface area contributed by atoms with Crippen LogP contribution in [0.2, 0.25) is 0 Å². The Morgan fingerprint density at radius 1 is 1.08 bits per heavy atom. The summed E-state index contributed by atoms with van der Waals surface area (Å²) in [4.78, 5) is 3.89. The number of rotatable bonds is 2. The highest BCUT2D eigenvalue weighted by molar-refractivity contribution is 5.52. The third kappa shape index (κ3) is 1.42. The van der Waals surface area contributed by atoms with Gasteiger partial charge in [-0.3, -0.25) is 4.98 Å². The smallest absolute Gasteiger partial charge is 0.228 e. The normalized spacial score (nSPS) is 9.67. The summed E-state index contributed by atoms with van der Waals surface area (Å²) < 4.78 is 4.86. The van der Waals surface area contributed by atoms with Crippen LogP contribution in [0, 0.1) is 0 Å². The SMILES string of the molecule is c1cc(Nc2ccno2)ccn1. The number of pyridine rings is 1. The summed E-state index contributed by atoms with van der Waals surface area (Å²) in [5, 5.41) is 6.58. The Bertz CT molecular complexity index is 330. The molecule has 60 valence electrons. The molecule has 4 nitrogen and oxygen atoms in total. The van der Waals surface area contributed by atoms with Crippen LogP contribution in [0.5, 0.6) is 0 Å². The van der Waals surface area contributed by atoms with Gasteiger partial charge in [0.1, 0.15) is 0 Å². The lowest BCUT2D eigenvalue weighted by Crippen LogP contribution is -1.87. The summed E-state index contributed by atoms with van der Waals surface area (Å²) in [5.74, 6) is 0.626. The van der Waals surface area contributed by atoms with Gasteiger partial charge in [-0.2, -0.15) is 0 Å². The average molecular weight is 161 g/mol. The van der Waals surface area contributed by atoms with Crippen molar-refractivity contribution in [2.45, 2.75) is 0 Å². The summed E-state index contributed by atoms with van der Waals surface area (Å²) in [6.45, 7) is 0. The largest absolute Gasteiger partial charge is 0.339 e. The van der Waals surface area contributed by atoms with E-state index in [1.54, 1.807) is 24.7 Å². The van der Waals surface area contributed by atoms with E-state index in [9.17, 15) is 0 Å². The van der Waals surface area contributed by atoms with E-state index in [2.05, 4.69) is 15.5 Å². The Balaban J connectivity index is 2.15. The molecule has 0 bridgehead atoms. The lowest BCUT2D eigenvalue weighted by Gasteiger charge is -1.98. The van der Waals surface area contributed by atoms with Crippen molar-refractivity contribution in [1.82, 2.24) is 10.1 Å². The zero-order valence-corrected chi connectivity index (χ0v) is 6.27. The second kappa shape index (κ2) is 3.04. The molecule has 0 aliphatic heterocycles. The van der Waals surface area contributed by atoms with E-state index in [0.29, 0.717) is 5.88 Å². The van der Waals surface area contributed by atoms with Crippen LogP contribution in [-0.4, -0.2) is 10.1 Å². The van der Waals surface area contributed by atoms with Crippen molar-refractivity contribution in [3.63, 3.8) is 0 Å². The van der Waals surface area contributed by atoms with Gasteiger partial charge < -0.3 is 9.84 Å². The van der Waals surface area contributed by atoms with Crippen molar-refractivity contribution in [3.8, 4) is 0 Å². The van der Waals surface area contributed by atoms with Gasteiger partial charge in [-0.05, 0) is 12.1 Å². The molecule has 12 heavy (non-hydrogen) atoms. The van der Waals surface area contributed by atoms with Gasteiger partial charge in [0, 0.05) is 24.1 Å². The van der Waals surface area contributed by atoms with Gasteiger partial charge in [0.2, 0.25) is 5.88 Å². The molecule has 0 aromatic carbocycles. The molecule has 2 aromatic heterocycles. The van der Waals surface area contributed by atoms with E-state index in [1.165, 1.54) is 0 Å². The molecule has 4 heteroatoms. The van der Waals surface area contributed by atoms with Crippen molar-refractivity contribution < 1.29 is 4.52 Å². The summed E-state index contributed by atoms with van der Waals surface area (Å²) >= 11 is 0. The zero-order chi connectivity index (χ0) is 8.23. The molecule has 1 N–H and O–H groups in total. The quantitative estimate of drug-likeness (QED) is 0.729. The minimum absolute atomic E-state index is 0.626. The number of hydrogen-bond acceptors (Lipinski definition) is 4. The van der Waals surface area contributed by atoms with Crippen LogP contribution in [0.3, 0.4) is 0 Å². The van der Waals surface area contributed by atoms with E-state index in [-0.39, 0.29) is 0 Å². The fraction of sp³-hybridized carbons (Fsp3) is 0. The zero-order valence-electron chi connectivity index (χ0n) is 6.27. The van der Waals surface area contributed by atoms with Crippen molar-refractivity contribution in [2.24, 2.45) is 0 Å². The number of aromatic nitrogens is 2. The standard InChI is InChI=1S/C8H7N3O/c1-4-9-5-2-7(1)11-8-3-6-10-12-8/h1-6H,(H,9,11). The molecule has 0 aliphatic carbocycles. The monoisotopic (exact) mass is 161 g/mol. The van der Waals surface area contributed by atoms with Gasteiger partial charge in [-0.1, -0.05) is 5.16 Å². The van der Waals surface area contributed by atoms with Crippen LogP contribution in [0.1, 0.15) is 0 Å². The van der Waals surface area contributed by atoms with Crippen molar-refractivity contribution in [2.75, 3.05) is 5.32 Å². The van der Waals surface area contributed by atoms with Crippen LogP contribution >= 0.6 is 0 Å². The summed E-state index contributed by atoms with van der Waals surface area (Å²) in [6.07, 6.45) is 5.00. The van der Waals surface area contributed by atoms with Gasteiger partial charge >= 0.3 is 0 Å². The van der Waals surface area contributed by atoms with Crippen LogP contribution in [0.4, 0.5) is 11.6 Å². The first-order valence-electron chi connectivity index (χ1n) is 3.53. The van der Waals surface area contributed by atoms with E-state index in [0.717, 1.165) is 5.69 Å². The van der Waals surface area contributed by atoms with E-state index < -0.39 is 0 Å². The Morgan fingerprint density at radius 2 is 1.92 bits per heavy atom. The minimum atomic E-state index is 0.626. The number of nitrogens with one attached hydrogen (secondary N) is 1. The predicted molar refractivity (Wildman–Crippen MR) is 44.0 cm³/mol. The fourth-order valence-corrected chi connectivity index (χ4v) is 0.858. The molecule has 0 radical (unpaired) electrons. The van der Waals surface area contributed by atoms with Crippen LogP contribution in [0.15, 0.2) is 41.3 Å². The molecule has 0 unspecified atom stereocenters. The van der Waals surface area contributed by atoms with Gasteiger partial charge in [-0.15, -0.1) is 0 Å².